The minimum Gasteiger partial charge on any atom is -0.497 e. The molecule has 1 aromatic heterocycles. The number of hydrogen-bond donors (Lipinski definition) is 0. The minimum atomic E-state index is -3.77. The molecule has 1 saturated heterocycles. The zero-order valence-corrected chi connectivity index (χ0v) is 16.3. The van der Waals surface area contributed by atoms with Crippen molar-refractivity contribution in [3.8, 4) is 11.5 Å². The van der Waals surface area contributed by atoms with Crippen LogP contribution in [0.15, 0.2) is 27.6 Å². The van der Waals surface area contributed by atoms with Gasteiger partial charge < -0.3 is 14.0 Å². The molecule has 142 valence electrons. The number of nitrogens with zero attached hydrogens (tertiary/aromatic N) is 2. The SMILES string of the molecule is CCc1onc(C)c1[C@H]1CCCN1S(=O)(=O)c1cc(OC)ccc1OC. The molecule has 0 N–H and O–H groups in total. The van der Waals surface area contributed by atoms with Crippen LogP contribution >= 0.6 is 0 Å². The highest BCUT2D eigenvalue weighted by Crippen LogP contribution is 2.41. The highest BCUT2D eigenvalue weighted by atomic mass is 32.2. The Hall–Kier alpha value is -2.06. The van der Waals surface area contributed by atoms with Gasteiger partial charge in [-0.1, -0.05) is 12.1 Å². The first kappa shape index (κ1) is 18.7. The van der Waals surface area contributed by atoms with Crippen LogP contribution in [0.3, 0.4) is 0 Å². The van der Waals surface area contributed by atoms with E-state index in [1.165, 1.54) is 24.6 Å². The van der Waals surface area contributed by atoms with Crippen LogP contribution in [0.1, 0.15) is 42.8 Å². The monoisotopic (exact) mass is 380 g/mol. The summed E-state index contributed by atoms with van der Waals surface area (Å²) in [5.41, 5.74) is 1.63. The maximum atomic E-state index is 13.4. The lowest BCUT2D eigenvalue weighted by Crippen LogP contribution is -2.31. The van der Waals surface area contributed by atoms with Gasteiger partial charge in [0.15, 0.2) is 0 Å². The van der Waals surface area contributed by atoms with E-state index in [2.05, 4.69) is 5.16 Å². The summed E-state index contributed by atoms with van der Waals surface area (Å²) in [7, 11) is -0.807. The van der Waals surface area contributed by atoms with Gasteiger partial charge in [-0.3, -0.25) is 0 Å². The summed E-state index contributed by atoms with van der Waals surface area (Å²) in [4.78, 5) is 0.110. The van der Waals surface area contributed by atoms with E-state index in [0.717, 1.165) is 29.9 Å². The molecule has 0 spiro atoms. The fraction of sp³-hybridized carbons (Fsp3) is 0.500. The Morgan fingerprint density at radius 2 is 2.08 bits per heavy atom. The van der Waals surface area contributed by atoms with Crippen LogP contribution in [0.25, 0.3) is 0 Å². The second-order valence-corrected chi connectivity index (χ2v) is 8.11. The molecule has 0 radical (unpaired) electrons. The van der Waals surface area contributed by atoms with Gasteiger partial charge in [0, 0.05) is 24.6 Å². The first-order valence-corrected chi connectivity index (χ1v) is 10.1. The minimum absolute atomic E-state index is 0.110. The van der Waals surface area contributed by atoms with E-state index in [1.807, 2.05) is 13.8 Å². The van der Waals surface area contributed by atoms with Crippen molar-refractivity contribution in [2.45, 2.75) is 44.0 Å². The average Bonchev–Trinajstić information content (AvgIpc) is 3.27. The van der Waals surface area contributed by atoms with Crippen molar-refractivity contribution in [3.05, 3.63) is 35.2 Å². The summed E-state index contributed by atoms with van der Waals surface area (Å²) < 4.78 is 44.3. The first-order chi connectivity index (χ1) is 12.4. The Morgan fingerprint density at radius 3 is 2.73 bits per heavy atom. The number of sulfonamides is 1. The van der Waals surface area contributed by atoms with Crippen LogP contribution in [0.5, 0.6) is 11.5 Å². The summed E-state index contributed by atoms with van der Waals surface area (Å²) in [6.07, 6.45) is 2.19. The number of aromatic nitrogens is 1. The molecule has 0 amide bonds. The van der Waals surface area contributed by atoms with Gasteiger partial charge in [-0.25, -0.2) is 8.42 Å². The Morgan fingerprint density at radius 1 is 1.31 bits per heavy atom. The van der Waals surface area contributed by atoms with Gasteiger partial charge in [0.2, 0.25) is 10.0 Å². The third-order valence-electron chi connectivity index (χ3n) is 4.80. The normalized spacial score (nSPS) is 18.2. The largest absolute Gasteiger partial charge is 0.497 e. The predicted molar refractivity (Wildman–Crippen MR) is 96.0 cm³/mol. The van der Waals surface area contributed by atoms with E-state index in [9.17, 15) is 8.42 Å². The summed E-state index contributed by atoms with van der Waals surface area (Å²) in [6.45, 7) is 4.27. The van der Waals surface area contributed by atoms with Gasteiger partial charge >= 0.3 is 0 Å². The number of aryl methyl sites for hydroxylation is 2. The van der Waals surface area contributed by atoms with Crippen molar-refractivity contribution >= 4 is 10.0 Å². The summed E-state index contributed by atoms with van der Waals surface area (Å²) in [6, 6.07) is 4.51. The van der Waals surface area contributed by atoms with Crippen molar-refractivity contribution in [3.63, 3.8) is 0 Å². The van der Waals surface area contributed by atoms with Crippen LogP contribution in [0.4, 0.5) is 0 Å². The van der Waals surface area contributed by atoms with Crippen LogP contribution < -0.4 is 9.47 Å². The van der Waals surface area contributed by atoms with E-state index in [1.54, 1.807) is 12.1 Å². The van der Waals surface area contributed by atoms with Crippen molar-refractivity contribution in [2.75, 3.05) is 20.8 Å². The third-order valence-corrected chi connectivity index (χ3v) is 6.73. The Balaban J connectivity index is 2.08. The molecule has 3 rings (SSSR count). The Bertz CT molecular complexity index is 891. The van der Waals surface area contributed by atoms with E-state index in [4.69, 9.17) is 14.0 Å². The lowest BCUT2D eigenvalue weighted by atomic mass is 10.0. The molecule has 0 unspecified atom stereocenters. The first-order valence-electron chi connectivity index (χ1n) is 8.63. The molecule has 0 aliphatic carbocycles. The van der Waals surface area contributed by atoms with Gasteiger partial charge in [0.25, 0.3) is 0 Å². The molecule has 7 nitrogen and oxygen atoms in total. The zero-order chi connectivity index (χ0) is 18.9. The van der Waals surface area contributed by atoms with E-state index in [0.29, 0.717) is 24.5 Å². The average molecular weight is 380 g/mol. The Kier molecular flexibility index (Phi) is 5.24. The van der Waals surface area contributed by atoms with Gasteiger partial charge in [0.1, 0.15) is 22.2 Å². The van der Waals surface area contributed by atoms with Crippen molar-refractivity contribution in [1.29, 1.82) is 0 Å². The van der Waals surface area contributed by atoms with Gasteiger partial charge in [-0.2, -0.15) is 4.31 Å². The van der Waals surface area contributed by atoms with Crippen molar-refractivity contribution in [1.82, 2.24) is 9.46 Å². The molecule has 0 saturated carbocycles. The third kappa shape index (κ3) is 3.07. The van der Waals surface area contributed by atoms with Crippen LogP contribution in [0.2, 0.25) is 0 Å². The van der Waals surface area contributed by atoms with E-state index >= 15 is 0 Å². The van der Waals surface area contributed by atoms with Crippen LogP contribution in [-0.4, -0.2) is 38.6 Å². The van der Waals surface area contributed by atoms with Crippen molar-refractivity contribution < 1.29 is 22.4 Å². The standard InChI is InChI=1S/C18H24N2O5S/c1-5-15-18(12(2)19-25-15)14-7-6-10-20(14)26(21,22)17-11-13(23-3)8-9-16(17)24-4/h8-9,11,14H,5-7,10H2,1-4H3/t14-/m1/s1. The van der Waals surface area contributed by atoms with Gasteiger partial charge in [-0.05, 0) is 31.9 Å². The van der Waals surface area contributed by atoms with Crippen LogP contribution in [-0.2, 0) is 16.4 Å². The molecule has 8 heteroatoms. The second-order valence-electron chi connectivity index (χ2n) is 6.25. The molecule has 2 aromatic rings. The summed E-state index contributed by atoms with van der Waals surface area (Å²) in [5.74, 6) is 1.51. The topological polar surface area (TPSA) is 81.9 Å². The second kappa shape index (κ2) is 7.28. The maximum absolute atomic E-state index is 13.4. The molecule has 1 atom stereocenters. The molecule has 1 aromatic carbocycles. The highest BCUT2D eigenvalue weighted by molar-refractivity contribution is 7.89. The molecule has 2 heterocycles. The Labute approximate surface area is 153 Å². The molecule has 1 aliphatic heterocycles. The number of rotatable bonds is 6. The van der Waals surface area contributed by atoms with E-state index in [-0.39, 0.29) is 10.9 Å². The number of benzene rings is 1. The number of ether oxygens (including phenoxy) is 2. The zero-order valence-electron chi connectivity index (χ0n) is 15.5. The molecule has 26 heavy (non-hydrogen) atoms. The summed E-state index contributed by atoms with van der Waals surface area (Å²) >= 11 is 0. The number of methoxy groups -OCH3 is 2. The lowest BCUT2D eigenvalue weighted by molar-refractivity contribution is 0.363. The highest BCUT2D eigenvalue weighted by Gasteiger charge is 2.40. The fourth-order valence-corrected chi connectivity index (χ4v) is 5.37. The maximum Gasteiger partial charge on any atom is 0.247 e. The molecule has 1 aliphatic rings. The number of hydrogen-bond acceptors (Lipinski definition) is 6. The molecular weight excluding hydrogens is 356 g/mol. The van der Waals surface area contributed by atoms with Crippen molar-refractivity contribution in [2.24, 2.45) is 0 Å². The molecule has 0 bridgehead atoms. The molecule has 1 fully saturated rings. The summed E-state index contributed by atoms with van der Waals surface area (Å²) in [5, 5.41) is 4.04. The predicted octanol–water partition coefficient (Wildman–Crippen LogP) is 3.09. The smallest absolute Gasteiger partial charge is 0.247 e. The lowest BCUT2D eigenvalue weighted by Gasteiger charge is -2.25. The quantitative estimate of drug-likeness (QED) is 0.766. The van der Waals surface area contributed by atoms with Crippen LogP contribution in [0, 0.1) is 6.92 Å². The van der Waals surface area contributed by atoms with Gasteiger partial charge in [-0.15, -0.1) is 0 Å². The van der Waals surface area contributed by atoms with E-state index < -0.39 is 10.0 Å². The molecular formula is C18H24N2O5S. The fourth-order valence-electron chi connectivity index (χ4n) is 3.53. The van der Waals surface area contributed by atoms with Gasteiger partial charge in [0.05, 0.1) is 26.0 Å².